The van der Waals surface area contributed by atoms with Crippen molar-refractivity contribution >= 4 is 38.8 Å². The molecule has 5 nitrogen and oxygen atoms in total. The van der Waals surface area contributed by atoms with Crippen LogP contribution in [-0.4, -0.2) is 21.5 Å². The molecule has 1 amide bonds. The van der Waals surface area contributed by atoms with Crippen molar-refractivity contribution in [2.75, 3.05) is 0 Å². The van der Waals surface area contributed by atoms with E-state index in [9.17, 15) is 9.59 Å². The topological polar surface area (TPSA) is 64.0 Å². The van der Waals surface area contributed by atoms with Crippen LogP contribution in [0.5, 0.6) is 0 Å². The number of carbonyl (C=O) groups excluding carboxylic acids is 1. The molecule has 0 aliphatic carbocycles. The SMILES string of the molecule is CCC(CC)NC(=O)Cn1cnc2scc(-c3ccc(C)s3)c2c1=O. The largest absolute Gasteiger partial charge is 0.352 e. The number of rotatable bonds is 6. The Kier molecular flexibility index (Phi) is 5.34. The number of thiophene rings is 2. The summed E-state index contributed by atoms with van der Waals surface area (Å²) in [4.78, 5) is 32.5. The van der Waals surface area contributed by atoms with E-state index in [1.807, 2.05) is 38.3 Å². The van der Waals surface area contributed by atoms with Gasteiger partial charge in [0.25, 0.3) is 5.56 Å². The number of carbonyl (C=O) groups is 1. The smallest absolute Gasteiger partial charge is 0.263 e. The van der Waals surface area contributed by atoms with E-state index < -0.39 is 0 Å². The van der Waals surface area contributed by atoms with Gasteiger partial charge < -0.3 is 5.32 Å². The van der Waals surface area contributed by atoms with Crippen molar-refractivity contribution in [2.24, 2.45) is 0 Å². The molecule has 3 aromatic rings. The van der Waals surface area contributed by atoms with E-state index in [4.69, 9.17) is 0 Å². The zero-order valence-corrected chi connectivity index (χ0v) is 16.2. The molecule has 132 valence electrons. The van der Waals surface area contributed by atoms with Gasteiger partial charge in [-0.15, -0.1) is 22.7 Å². The van der Waals surface area contributed by atoms with Crippen LogP contribution in [0.1, 0.15) is 31.6 Å². The van der Waals surface area contributed by atoms with Crippen molar-refractivity contribution in [2.45, 2.75) is 46.2 Å². The zero-order chi connectivity index (χ0) is 18.0. The molecule has 0 spiro atoms. The number of nitrogens with one attached hydrogen (secondary N) is 1. The van der Waals surface area contributed by atoms with Crippen LogP contribution in [0, 0.1) is 6.92 Å². The lowest BCUT2D eigenvalue weighted by Gasteiger charge is -2.15. The maximum atomic E-state index is 12.9. The fourth-order valence-corrected chi connectivity index (χ4v) is 4.62. The summed E-state index contributed by atoms with van der Waals surface area (Å²) >= 11 is 3.11. The molecule has 0 aromatic carbocycles. The molecular formula is C18H21N3O2S2. The van der Waals surface area contributed by atoms with E-state index in [0.29, 0.717) is 10.2 Å². The van der Waals surface area contributed by atoms with Crippen LogP contribution < -0.4 is 10.9 Å². The Morgan fingerprint density at radius 2 is 2.08 bits per heavy atom. The van der Waals surface area contributed by atoms with Crippen LogP contribution in [-0.2, 0) is 11.3 Å². The predicted octanol–water partition coefficient (Wildman–Crippen LogP) is 3.80. The molecule has 0 aliphatic heterocycles. The van der Waals surface area contributed by atoms with Crippen LogP contribution in [0.3, 0.4) is 0 Å². The number of hydrogen-bond donors (Lipinski definition) is 1. The lowest BCUT2D eigenvalue weighted by molar-refractivity contribution is -0.122. The molecule has 3 heterocycles. The standard InChI is InChI=1S/C18H21N3O2S2/c1-4-12(5-2)20-15(22)8-21-10-19-17-16(18(21)23)13(9-24-17)14-7-6-11(3)25-14/h6-7,9-10,12H,4-5,8H2,1-3H3,(H,20,22). The number of aromatic nitrogens is 2. The monoisotopic (exact) mass is 375 g/mol. The normalized spacial score (nSPS) is 11.4. The van der Waals surface area contributed by atoms with Crippen molar-refractivity contribution in [3.05, 3.63) is 39.1 Å². The highest BCUT2D eigenvalue weighted by Crippen LogP contribution is 2.34. The summed E-state index contributed by atoms with van der Waals surface area (Å²) in [5, 5.41) is 5.53. The molecule has 3 aromatic heterocycles. The van der Waals surface area contributed by atoms with Crippen LogP contribution in [0.15, 0.2) is 28.6 Å². The lowest BCUT2D eigenvalue weighted by Crippen LogP contribution is -2.38. The highest BCUT2D eigenvalue weighted by atomic mass is 32.1. The molecule has 3 rings (SSSR count). The van der Waals surface area contributed by atoms with Gasteiger partial charge in [0.15, 0.2) is 0 Å². The minimum absolute atomic E-state index is 0.00295. The maximum absolute atomic E-state index is 12.9. The first kappa shape index (κ1) is 17.8. The average molecular weight is 376 g/mol. The molecule has 0 fully saturated rings. The summed E-state index contributed by atoms with van der Waals surface area (Å²) in [5.74, 6) is -0.152. The van der Waals surface area contributed by atoms with Gasteiger partial charge >= 0.3 is 0 Å². The molecule has 25 heavy (non-hydrogen) atoms. The van der Waals surface area contributed by atoms with Gasteiger partial charge in [-0.25, -0.2) is 4.98 Å². The number of aryl methyl sites for hydroxylation is 1. The van der Waals surface area contributed by atoms with Gasteiger partial charge in [0, 0.05) is 26.7 Å². The number of hydrogen-bond acceptors (Lipinski definition) is 5. The fraction of sp³-hybridized carbons (Fsp3) is 0.389. The van der Waals surface area contributed by atoms with Crippen molar-refractivity contribution in [3.8, 4) is 10.4 Å². The molecule has 0 aliphatic rings. The molecule has 0 saturated carbocycles. The molecule has 0 atom stereocenters. The second-order valence-corrected chi connectivity index (χ2v) is 8.14. The fourth-order valence-electron chi connectivity index (χ4n) is 2.76. The summed E-state index contributed by atoms with van der Waals surface area (Å²) in [6, 6.07) is 4.21. The first-order valence-corrected chi connectivity index (χ1v) is 10.1. The van der Waals surface area contributed by atoms with E-state index in [-0.39, 0.29) is 24.1 Å². The molecule has 1 N–H and O–H groups in total. The van der Waals surface area contributed by atoms with Crippen molar-refractivity contribution in [1.82, 2.24) is 14.9 Å². The summed E-state index contributed by atoms with van der Waals surface area (Å²) in [6.07, 6.45) is 3.22. The summed E-state index contributed by atoms with van der Waals surface area (Å²) in [5.41, 5.74) is 0.748. The molecule has 0 saturated heterocycles. The Morgan fingerprint density at radius 1 is 1.32 bits per heavy atom. The molecule has 0 bridgehead atoms. The van der Waals surface area contributed by atoms with Crippen molar-refractivity contribution in [1.29, 1.82) is 0 Å². The Bertz CT molecular complexity index is 951. The molecule has 0 unspecified atom stereocenters. The van der Waals surface area contributed by atoms with Gasteiger partial charge in [-0.05, 0) is 31.9 Å². The minimum Gasteiger partial charge on any atom is -0.352 e. The van der Waals surface area contributed by atoms with Gasteiger partial charge in [0.2, 0.25) is 5.91 Å². The highest BCUT2D eigenvalue weighted by molar-refractivity contribution is 7.19. The Balaban J connectivity index is 1.94. The first-order chi connectivity index (χ1) is 12.0. The van der Waals surface area contributed by atoms with Crippen molar-refractivity contribution < 1.29 is 4.79 Å². The molecular weight excluding hydrogens is 354 g/mol. The van der Waals surface area contributed by atoms with Crippen LogP contribution >= 0.6 is 22.7 Å². The second kappa shape index (κ2) is 7.49. The van der Waals surface area contributed by atoms with E-state index in [1.165, 1.54) is 27.1 Å². The number of nitrogens with zero attached hydrogens (tertiary/aromatic N) is 2. The van der Waals surface area contributed by atoms with Gasteiger partial charge in [0.05, 0.1) is 11.7 Å². The minimum atomic E-state index is -0.160. The Morgan fingerprint density at radius 3 is 2.72 bits per heavy atom. The second-order valence-electron chi connectivity index (χ2n) is 6.00. The van der Waals surface area contributed by atoms with Gasteiger partial charge in [-0.1, -0.05) is 13.8 Å². The van der Waals surface area contributed by atoms with Gasteiger partial charge in [-0.3, -0.25) is 14.2 Å². The van der Waals surface area contributed by atoms with E-state index in [1.54, 1.807) is 11.3 Å². The van der Waals surface area contributed by atoms with Gasteiger partial charge in [0.1, 0.15) is 11.4 Å². The maximum Gasteiger partial charge on any atom is 0.263 e. The average Bonchev–Trinajstić information content (AvgIpc) is 3.21. The third-order valence-corrected chi connectivity index (χ3v) is 6.15. The lowest BCUT2D eigenvalue weighted by atomic mass is 10.2. The van der Waals surface area contributed by atoms with Gasteiger partial charge in [-0.2, -0.15) is 0 Å². The number of fused-ring (bicyclic) bond motifs is 1. The zero-order valence-electron chi connectivity index (χ0n) is 14.5. The van der Waals surface area contributed by atoms with E-state index >= 15 is 0 Å². The summed E-state index contributed by atoms with van der Waals surface area (Å²) in [7, 11) is 0. The van der Waals surface area contributed by atoms with Crippen LogP contribution in [0.2, 0.25) is 0 Å². The summed E-state index contributed by atoms with van der Waals surface area (Å²) in [6.45, 7) is 6.11. The van der Waals surface area contributed by atoms with Crippen molar-refractivity contribution in [3.63, 3.8) is 0 Å². The van der Waals surface area contributed by atoms with E-state index in [2.05, 4.69) is 10.3 Å². The Hall–Kier alpha value is -1.99. The molecule has 7 heteroatoms. The van der Waals surface area contributed by atoms with Crippen LogP contribution in [0.4, 0.5) is 0 Å². The molecule has 0 radical (unpaired) electrons. The van der Waals surface area contributed by atoms with Crippen LogP contribution in [0.25, 0.3) is 20.7 Å². The third kappa shape index (κ3) is 3.67. The number of amides is 1. The highest BCUT2D eigenvalue weighted by Gasteiger charge is 2.16. The first-order valence-electron chi connectivity index (χ1n) is 8.36. The van der Waals surface area contributed by atoms with E-state index in [0.717, 1.165) is 23.3 Å². The third-order valence-electron chi connectivity index (χ3n) is 4.23. The Labute approximate surface area is 154 Å². The quantitative estimate of drug-likeness (QED) is 0.713. The summed E-state index contributed by atoms with van der Waals surface area (Å²) < 4.78 is 1.40. The predicted molar refractivity (Wildman–Crippen MR) is 104 cm³/mol.